The van der Waals surface area contributed by atoms with Crippen molar-refractivity contribution in [2.24, 2.45) is 0 Å². The topological polar surface area (TPSA) is 67.9 Å². The smallest absolute Gasteiger partial charge is 0.243 e. The van der Waals surface area contributed by atoms with Gasteiger partial charge in [0.2, 0.25) is 11.8 Å². The third-order valence-corrected chi connectivity index (χ3v) is 7.67. The first kappa shape index (κ1) is 30.1. The number of halogens is 2. The van der Waals surface area contributed by atoms with Crippen molar-refractivity contribution < 1.29 is 19.1 Å². The number of hydrogen-bond acceptors (Lipinski definition) is 4. The van der Waals surface area contributed by atoms with E-state index in [0.717, 1.165) is 31.2 Å². The summed E-state index contributed by atoms with van der Waals surface area (Å²) in [6, 6.07) is 10.6. The molecule has 1 saturated carbocycles. The Labute approximate surface area is 237 Å². The molecule has 2 aromatic rings. The molecule has 0 spiro atoms. The Hall–Kier alpha value is -2.44. The molecule has 1 aliphatic rings. The van der Waals surface area contributed by atoms with Gasteiger partial charge < -0.3 is 19.7 Å². The highest BCUT2D eigenvalue weighted by atomic mass is 35.5. The molecule has 0 heterocycles. The molecule has 8 heteroatoms. The van der Waals surface area contributed by atoms with Crippen molar-refractivity contribution in [1.82, 2.24) is 10.2 Å². The largest absolute Gasteiger partial charge is 0.490 e. The molecule has 0 unspecified atom stereocenters. The van der Waals surface area contributed by atoms with E-state index >= 15 is 0 Å². The second-order valence-corrected chi connectivity index (χ2v) is 10.5. The number of benzene rings is 2. The number of nitrogens with zero attached hydrogens (tertiary/aromatic N) is 1. The number of carbonyl (C=O) groups excluding carboxylic acids is 2. The van der Waals surface area contributed by atoms with Crippen LogP contribution in [0.4, 0.5) is 0 Å². The van der Waals surface area contributed by atoms with Gasteiger partial charge in [0.1, 0.15) is 6.04 Å². The number of ether oxygens (including phenoxy) is 2. The van der Waals surface area contributed by atoms with E-state index in [2.05, 4.69) is 5.32 Å². The summed E-state index contributed by atoms with van der Waals surface area (Å²) in [6.07, 6.45) is 6.61. The first-order chi connectivity index (χ1) is 18.4. The van der Waals surface area contributed by atoms with Gasteiger partial charge in [0.25, 0.3) is 0 Å². The lowest BCUT2D eigenvalue weighted by atomic mass is 9.95. The number of rotatable bonds is 13. The highest BCUT2D eigenvalue weighted by Gasteiger charge is 2.31. The van der Waals surface area contributed by atoms with Crippen molar-refractivity contribution in [2.45, 2.75) is 90.8 Å². The lowest BCUT2D eigenvalue weighted by Gasteiger charge is -2.33. The number of carbonyl (C=O) groups is 2. The predicted octanol–water partition coefficient (Wildman–Crippen LogP) is 6.98. The average Bonchev–Trinajstić information content (AvgIpc) is 2.91. The van der Waals surface area contributed by atoms with Gasteiger partial charge in [0, 0.05) is 34.6 Å². The Morgan fingerprint density at radius 3 is 2.26 bits per heavy atom. The zero-order valence-corrected chi connectivity index (χ0v) is 24.2. The van der Waals surface area contributed by atoms with E-state index in [4.69, 9.17) is 32.7 Å². The molecule has 1 aliphatic carbocycles. The van der Waals surface area contributed by atoms with Gasteiger partial charge in [-0.1, -0.05) is 61.5 Å². The summed E-state index contributed by atoms with van der Waals surface area (Å²) in [5.41, 5.74) is 1.61. The molecule has 6 nitrogen and oxygen atoms in total. The summed E-state index contributed by atoms with van der Waals surface area (Å²) in [6.45, 7) is 7.01. The van der Waals surface area contributed by atoms with Crippen LogP contribution in [0.2, 0.25) is 10.0 Å². The van der Waals surface area contributed by atoms with E-state index in [1.165, 1.54) is 6.42 Å². The van der Waals surface area contributed by atoms with Gasteiger partial charge in [-0.15, -0.1) is 0 Å². The van der Waals surface area contributed by atoms with Crippen molar-refractivity contribution >= 4 is 35.0 Å². The summed E-state index contributed by atoms with van der Waals surface area (Å²) in [5, 5.41) is 4.16. The number of amides is 2. The van der Waals surface area contributed by atoms with Crippen LogP contribution in [0, 0.1) is 0 Å². The minimum absolute atomic E-state index is 0.115. The third-order valence-electron chi connectivity index (χ3n) is 6.96. The van der Waals surface area contributed by atoms with Gasteiger partial charge in [0.05, 0.1) is 13.2 Å². The molecule has 0 radical (unpaired) electrons. The van der Waals surface area contributed by atoms with Gasteiger partial charge in [0.15, 0.2) is 11.5 Å². The molecule has 1 fully saturated rings. The second-order valence-electron chi connectivity index (χ2n) is 9.64. The first-order valence-corrected chi connectivity index (χ1v) is 14.5. The van der Waals surface area contributed by atoms with Gasteiger partial charge in [-0.25, -0.2) is 0 Å². The fourth-order valence-corrected chi connectivity index (χ4v) is 5.48. The van der Waals surface area contributed by atoms with Crippen LogP contribution in [0.15, 0.2) is 36.4 Å². The Morgan fingerprint density at radius 2 is 1.63 bits per heavy atom. The second kappa shape index (κ2) is 15.2. The highest BCUT2D eigenvalue weighted by Crippen LogP contribution is 2.30. The minimum Gasteiger partial charge on any atom is -0.490 e. The molecule has 0 saturated heterocycles. The summed E-state index contributed by atoms with van der Waals surface area (Å²) in [5.74, 6) is 1.11. The maximum Gasteiger partial charge on any atom is 0.243 e. The fourth-order valence-electron chi connectivity index (χ4n) is 4.96. The molecule has 0 aromatic heterocycles. The average molecular weight is 564 g/mol. The van der Waals surface area contributed by atoms with Gasteiger partial charge in [-0.05, 0) is 69.4 Å². The SMILES string of the molecule is CCOc1ccc(CCC(=O)N(Cc2c(Cl)cccc2Cl)[C@H](CC)C(=O)NC2CCCCC2)cc1OCC. The zero-order chi connectivity index (χ0) is 27.5. The molecule has 3 rings (SSSR count). The molecule has 0 bridgehead atoms. The molecular formula is C30H40Cl2N2O4. The van der Waals surface area contributed by atoms with Crippen LogP contribution in [0.3, 0.4) is 0 Å². The van der Waals surface area contributed by atoms with E-state index in [1.54, 1.807) is 23.1 Å². The van der Waals surface area contributed by atoms with Crippen LogP contribution in [0.1, 0.15) is 76.8 Å². The van der Waals surface area contributed by atoms with E-state index in [0.29, 0.717) is 53.2 Å². The first-order valence-electron chi connectivity index (χ1n) is 13.8. The summed E-state index contributed by atoms with van der Waals surface area (Å²) < 4.78 is 11.4. The van der Waals surface area contributed by atoms with Crippen LogP contribution in [-0.4, -0.2) is 42.0 Å². The molecule has 1 atom stereocenters. The lowest BCUT2D eigenvalue weighted by Crippen LogP contribution is -2.51. The van der Waals surface area contributed by atoms with Crippen molar-refractivity contribution in [2.75, 3.05) is 13.2 Å². The van der Waals surface area contributed by atoms with Crippen LogP contribution in [0.25, 0.3) is 0 Å². The normalized spacial score (nSPS) is 14.6. The van der Waals surface area contributed by atoms with E-state index in [9.17, 15) is 9.59 Å². The van der Waals surface area contributed by atoms with Gasteiger partial charge in [-0.2, -0.15) is 0 Å². The van der Waals surface area contributed by atoms with Crippen LogP contribution >= 0.6 is 23.2 Å². The maximum absolute atomic E-state index is 13.7. The fraction of sp³-hybridized carbons (Fsp3) is 0.533. The molecule has 2 amide bonds. The van der Waals surface area contributed by atoms with Crippen molar-refractivity contribution in [3.05, 3.63) is 57.6 Å². The summed E-state index contributed by atoms with van der Waals surface area (Å²) in [7, 11) is 0. The molecule has 1 N–H and O–H groups in total. The van der Waals surface area contributed by atoms with Crippen LogP contribution < -0.4 is 14.8 Å². The molecule has 208 valence electrons. The number of aryl methyl sites for hydroxylation is 1. The van der Waals surface area contributed by atoms with Crippen LogP contribution in [0.5, 0.6) is 11.5 Å². The van der Waals surface area contributed by atoms with Gasteiger partial charge >= 0.3 is 0 Å². The maximum atomic E-state index is 13.7. The molecule has 2 aromatic carbocycles. The Bertz CT molecular complexity index is 1050. The monoisotopic (exact) mass is 562 g/mol. The zero-order valence-electron chi connectivity index (χ0n) is 22.7. The third kappa shape index (κ3) is 8.28. The lowest BCUT2D eigenvalue weighted by molar-refractivity contribution is -0.141. The van der Waals surface area contributed by atoms with E-state index in [1.807, 2.05) is 39.0 Å². The minimum atomic E-state index is -0.615. The Balaban J connectivity index is 1.81. The molecular weight excluding hydrogens is 523 g/mol. The van der Waals surface area contributed by atoms with Crippen LogP contribution in [-0.2, 0) is 22.6 Å². The predicted molar refractivity (Wildman–Crippen MR) is 153 cm³/mol. The number of hydrogen-bond donors (Lipinski definition) is 1. The van der Waals surface area contributed by atoms with Crippen molar-refractivity contribution in [1.29, 1.82) is 0 Å². The summed E-state index contributed by atoms with van der Waals surface area (Å²) in [4.78, 5) is 28.8. The van der Waals surface area contributed by atoms with E-state index < -0.39 is 6.04 Å². The van der Waals surface area contributed by atoms with Gasteiger partial charge in [-0.3, -0.25) is 9.59 Å². The van der Waals surface area contributed by atoms with E-state index in [-0.39, 0.29) is 30.8 Å². The standard InChI is InChI=1S/C30H40Cl2N2O4/c1-4-26(30(36)33-22-11-8-7-9-12-22)34(20-23-24(31)13-10-14-25(23)32)29(35)18-16-21-15-17-27(37-5-2)28(19-21)38-6-3/h10,13-15,17,19,22,26H,4-9,11-12,16,18,20H2,1-3H3,(H,33,36)/t26-/m1/s1. The number of nitrogens with one attached hydrogen (secondary N) is 1. The van der Waals surface area contributed by atoms with Crippen molar-refractivity contribution in [3.63, 3.8) is 0 Å². The summed E-state index contributed by atoms with van der Waals surface area (Å²) >= 11 is 12.9. The van der Waals surface area contributed by atoms with Crippen molar-refractivity contribution in [3.8, 4) is 11.5 Å². The quantitative estimate of drug-likeness (QED) is 0.286. The Morgan fingerprint density at radius 1 is 0.974 bits per heavy atom. The Kier molecular flexibility index (Phi) is 12.1. The highest BCUT2D eigenvalue weighted by molar-refractivity contribution is 6.36. The molecule has 38 heavy (non-hydrogen) atoms. The molecule has 0 aliphatic heterocycles.